The van der Waals surface area contributed by atoms with Gasteiger partial charge in [0.2, 0.25) is 5.91 Å². The van der Waals surface area contributed by atoms with Crippen molar-refractivity contribution in [1.29, 1.82) is 0 Å². The van der Waals surface area contributed by atoms with Crippen molar-refractivity contribution in [3.05, 3.63) is 47.7 Å². The minimum absolute atomic E-state index is 0.0442. The number of thioether (sulfide) groups is 1. The van der Waals surface area contributed by atoms with Gasteiger partial charge in [-0.25, -0.2) is 4.98 Å². The first kappa shape index (κ1) is 24.5. The first-order chi connectivity index (χ1) is 13.9. The van der Waals surface area contributed by atoms with Crippen molar-refractivity contribution in [2.75, 3.05) is 20.0 Å². The summed E-state index contributed by atoms with van der Waals surface area (Å²) >= 11 is 1.49. The SMILES string of the molecule is CCCCOc1ccc(CNC(C)=O)cc1OC.CSc1ncccc1C(C)=O. The van der Waals surface area contributed by atoms with E-state index in [2.05, 4.69) is 17.2 Å². The number of Topliss-reactive ketones (excluding diaryl/α,β-unsaturated/α-hetero) is 1. The van der Waals surface area contributed by atoms with Crippen LogP contribution in [0.25, 0.3) is 0 Å². The number of hydrogen-bond acceptors (Lipinski definition) is 6. The molecule has 0 aliphatic heterocycles. The lowest BCUT2D eigenvalue weighted by atomic mass is 10.2. The van der Waals surface area contributed by atoms with Gasteiger partial charge in [0.1, 0.15) is 5.03 Å². The Kier molecular flexibility index (Phi) is 11.5. The smallest absolute Gasteiger partial charge is 0.217 e. The number of rotatable bonds is 9. The largest absolute Gasteiger partial charge is 0.493 e. The second-order valence-electron chi connectivity index (χ2n) is 6.21. The molecule has 29 heavy (non-hydrogen) atoms. The highest BCUT2D eigenvalue weighted by Crippen LogP contribution is 2.28. The Bertz CT molecular complexity index is 796. The summed E-state index contributed by atoms with van der Waals surface area (Å²) in [6.45, 7) is 6.37. The number of nitrogens with zero attached hydrogens (tertiary/aromatic N) is 1. The summed E-state index contributed by atoms with van der Waals surface area (Å²) in [5, 5.41) is 3.56. The van der Waals surface area contributed by atoms with Gasteiger partial charge < -0.3 is 14.8 Å². The van der Waals surface area contributed by atoms with E-state index in [9.17, 15) is 9.59 Å². The summed E-state index contributed by atoms with van der Waals surface area (Å²) in [6, 6.07) is 9.26. The van der Waals surface area contributed by atoms with E-state index in [1.165, 1.54) is 18.7 Å². The highest BCUT2D eigenvalue weighted by Gasteiger charge is 2.06. The molecule has 1 aromatic carbocycles. The van der Waals surface area contributed by atoms with Crippen LogP contribution in [0.1, 0.15) is 49.5 Å². The molecule has 7 heteroatoms. The number of carbonyl (C=O) groups excluding carboxylic acids is 2. The van der Waals surface area contributed by atoms with Gasteiger partial charge in [0.05, 0.1) is 13.7 Å². The zero-order valence-electron chi connectivity index (χ0n) is 17.8. The lowest BCUT2D eigenvalue weighted by molar-refractivity contribution is -0.119. The number of hydrogen-bond donors (Lipinski definition) is 1. The number of pyridine rings is 1. The Labute approximate surface area is 177 Å². The molecular formula is C22H30N2O4S. The van der Waals surface area contributed by atoms with Gasteiger partial charge in [-0.1, -0.05) is 19.4 Å². The maximum atomic E-state index is 11.0. The lowest BCUT2D eigenvalue weighted by Crippen LogP contribution is -2.18. The number of nitrogens with one attached hydrogen (secondary N) is 1. The molecular weight excluding hydrogens is 388 g/mol. The van der Waals surface area contributed by atoms with Gasteiger partial charge in [-0.15, -0.1) is 11.8 Å². The molecule has 0 saturated carbocycles. The Hall–Kier alpha value is -2.54. The fraction of sp³-hybridized carbons (Fsp3) is 0.409. The van der Waals surface area contributed by atoms with Crippen LogP contribution in [0.4, 0.5) is 0 Å². The number of carbonyl (C=O) groups is 2. The van der Waals surface area contributed by atoms with Crippen LogP contribution in [-0.2, 0) is 11.3 Å². The molecule has 0 saturated heterocycles. The minimum Gasteiger partial charge on any atom is -0.493 e. The van der Waals surface area contributed by atoms with Gasteiger partial charge in [0.15, 0.2) is 17.3 Å². The predicted octanol–water partition coefficient (Wildman–Crippen LogP) is 4.52. The summed E-state index contributed by atoms with van der Waals surface area (Å²) in [7, 11) is 1.62. The molecule has 158 valence electrons. The van der Waals surface area contributed by atoms with Crippen molar-refractivity contribution in [2.24, 2.45) is 0 Å². The fourth-order valence-electron chi connectivity index (χ4n) is 2.32. The van der Waals surface area contributed by atoms with Gasteiger partial charge >= 0.3 is 0 Å². The molecule has 2 rings (SSSR count). The minimum atomic E-state index is -0.0442. The van der Waals surface area contributed by atoms with Crippen molar-refractivity contribution in [3.8, 4) is 11.5 Å². The van der Waals surface area contributed by atoms with Crippen molar-refractivity contribution < 1.29 is 19.1 Å². The van der Waals surface area contributed by atoms with Crippen molar-refractivity contribution in [3.63, 3.8) is 0 Å². The topological polar surface area (TPSA) is 77.5 Å². The molecule has 0 aliphatic carbocycles. The second kappa shape index (κ2) is 13.6. The summed E-state index contributed by atoms with van der Waals surface area (Å²) in [4.78, 5) is 25.9. The average Bonchev–Trinajstić information content (AvgIpc) is 2.73. The zero-order valence-corrected chi connectivity index (χ0v) is 18.6. The van der Waals surface area contributed by atoms with Gasteiger partial charge in [-0.05, 0) is 49.4 Å². The first-order valence-corrected chi connectivity index (χ1v) is 10.7. The zero-order chi connectivity index (χ0) is 21.6. The van der Waals surface area contributed by atoms with E-state index in [1.54, 1.807) is 32.4 Å². The molecule has 1 aromatic heterocycles. The molecule has 0 atom stereocenters. The molecule has 1 heterocycles. The van der Waals surface area contributed by atoms with Gasteiger partial charge in [-0.2, -0.15) is 0 Å². The van der Waals surface area contributed by atoms with E-state index in [1.807, 2.05) is 24.5 Å². The molecule has 1 N–H and O–H groups in total. The molecule has 0 fully saturated rings. The fourth-order valence-corrected chi connectivity index (χ4v) is 2.91. The van der Waals surface area contributed by atoms with E-state index >= 15 is 0 Å². The number of benzene rings is 1. The quantitative estimate of drug-likeness (QED) is 0.367. The van der Waals surface area contributed by atoms with E-state index in [4.69, 9.17) is 9.47 Å². The number of amides is 1. The van der Waals surface area contributed by atoms with E-state index in [0.717, 1.165) is 29.2 Å². The highest BCUT2D eigenvalue weighted by molar-refractivity contribution is 7.98. The Balaban J connectivity index is 0.000000326. The maximum Gasteiger partial charge on any atom is 0.217 e. The normalized spacial score (nSPS) is 9.83. The van der Waals surface area contributed by atoms with Gasteiger partial charge in [0.25, 0.3) is 0 Å². The number of aromatic nitrogens is 1. The van der Waals surface area contributed by atoms with Crippen molar-refractivity contribution in [1.82, 2.24) is 10.3 Å². The second-order valence-corrected chi connectivity index (χ2v) is 7.01. The third-order valence-electron chi connectivity index (χ3n) is 3.87. The van der Waals surface area contributed by atoms with Crippen LogP contribution >= 0.6 is 11.8 Å². The summed E-state index contributed by atoms with van der Waals surface area (Å²) in [5.41, 5.74) is 1.70. The van der Waals surface area contributed by atoms with Gasteiger partial charge in [-0.3, -0.25) is 9.59 Å². The predicted molar refractivity (Wildman–Crippen MR) is 117 cm³/mol. The number of ketones is 1. The molecule has 0 aliphatic rings. The first-order valence-electron chi connectivity index (χ1n) is 9.47. The molecule has 0 unspecified atom stereocenters. The Morgan fingerprint density at radius 1 is 1.17 bits per heavy atom. The molecule has 6 nitrogen and oxygen atoms in total. The van der Waals surface area contributed by atoms with Gasteiger partial charge in [0, 0.05) is 25.2 Å². The maximum absolute atomic E-state index is 11.0. The lowest BCUT2D eigenvalue weighted by Gasteiger charge is -2.12. The van der Waals surface area contributed by atoms with E-state index in [0.29, 0.717) is 24.5 Å². The Morgan fingerprint density at radius 3 is 2.48 bits per heavy atom. The summed E-state index contributed by atoms with van der Waals surface area (Å²) in [5.74, 6) is 1.48. The monoisotopic (exact) mass is 418 g/mol. The number of methoxy groups -OCH3 is 1. The third kappa shape index (κ3) is 9.00. The van der Waals surface area contributed by atoms with Crippen molar-refractivity contribution in [2.45, 2.75) is 45.2 Å². The van der Waals surface area contributed by atoms with Crippen LogP contribution in [0.15, 0.2) is 41.6 Å². The molecule has 2 aromatic rings. The standard InChI is InChI=1S/C14H21NO3.C8H9NOS/c1-4-5-8-18-13-7-6-12(9-14(13)17-3)10-15-11(2)16;1-6(10)7-4-3-5-9-8(7)11-2/h6-7,9H,4-5,8,10H2,1-3H3,(H,15,16);3-5H,1-2H3. The molecule has 0 radical (unpaired) electrons. The molecule has 0 spiro atoms. The van der Waals surface area contributed by atoms with Crippen LogP contribution in [0.3, 0.4) is 0 Å². The molecule has 1 amide bonds. The number of ether oxygens (including phenoxy) is 2. The van der Waals surface area contributed by atoms with Crippen molar-refractivity contribution >= 4 is 23.5 Å². The van der Waals surface area contributed by atoms with Crippen LogP contribution in [0.2, 0.25) is 0 Å². The van der Waals surface area contributed by atoms with E-state index in [-0.39, 0.29) is 11.7 Å². The van der Waals surface area contributed by atoms with E-state index < -0.39 is 0 Å². The Morgan fingerprint density at radius 2 is 1.93 bits per heavy atom. The third-order valence-corrected chi connectivity index (χ3v) is 4.58. The molecule has 0 bridgehead atoms. The highest BCUT2D eigenvalue weighted by atomic mass is 32.2. The average molecular weight is 419 g/mol. The van der Waals surface area contributed by atoms with Crippen LogP contribution in [-0.4, -0.2) is 36.6 Å². The summed E-state index contributed by atoms with van der Waals surface area (Å²) in [6.07, 6.45) is 5.73. The van der Waals surface area contributed by atoms with Crippen LogP contribution in [0.5, 0.6) is 11.5 Å². The van der Waals surface area contributed by atoms with Crippen LogP contribution < -0.4 is 14.8 Å². The number of unbranched alkanes of at least 4 members (excludes halogenated alkanes) is 1. The van der Waals surface area contributed by atoms with Crippen LogP contribution in [0, 0.1) is 0 Å². The summed E-state index contributed by atoms with van der Waals surface area (Å²) < 4.78 is 10.9.